The van der Waals surface area contributed by atoms with Gasteiger partial charge in [-0.05, 0) is 19.1 Å². The van der Waals surface area contributed by atoms with Gasteiger partial charge in [-0.25, -0.2) is 4.68 Å². The lowest BCUT2D eigenvalue weighted by atomic mass is 10.3. The normalized spacial score (nSPS) is 16.3. The Bertz CT molecular complexity index is 671. The molecule has 23 heavy (non-hydrogen) atoms. The Morgan fingerprint density at radius 2 is 2.17 bits per heavy atom. The van der Waals surface area contributed by atoms with E-state index in [4.69, 9.17) is 10.6 Å². The summed E-state index contributed by atoms with van der Waals surface area (Å²) in [6, 6.07) is 3.67. The van der Waals surface area contributed by atoms with Crippen LogP contribution >= 0.6 is 11.8 Å². The summed E-state index contributed by atoms with van der Waals surface area (Å²) >= 11 is 1.30. The zero-order valence-electron chi connectivity index (χ0n) is 12.8. The van der Waals surface area contributed by atoms with Crippen molar-refractivity contribution >= 4 is 17.7 Å². The number of nitrogens with zero attached hydrogens (tertiary/aromatic N) is 5. The third-order valence-corrected chi connectivity index (χ3v) is 4.58. The zero-order valence-corrected chi connectivity index (χ0v) is 13.6. The van der Waals surface area contributed by atoms with Gasteiger partial charge in [0.25, 0.3) is 0 Å². The Balaban J connectivity index is 1.70. The lowest BCUT2D eigenvalue weighted by Gasteiger charge is -2.28. The third kappa shape index (κ3) is 3.45. The minimum absolute atomic E-state index is 0.0595. The molecule has 0 radical (unpaired) electrons. The largest absolute Gasteiger partial charge is 0.378 e. The van der Waals surface area contributed by atoms with Crippen molar-refractivity contribution < 1.29 is 9.53 Å². The number of amides is 1. The number of morpholine rings is 1. The van der Waals surface area contributed by atoms with Crippen molar-refractivity contribution in [3.63, 3.8) is 0 Å². The topological polar surface area (TPSA) is 99.2 Å². The van der Waals surface area contributed by atoms with Gasteiger partial charge in [-0.3, -0.25) is 9.78 Å². The first-order chi connectivity index (χ1) is 11.2. The standard InChI is InChI=1S/C14H18N6O2S/c1-10(13(21)19-5-7-22-8-6-19)23-14-18-17-12(20(14)15)11-3-2-4-16-9-11/h2-4,9-10H,5-8,15H2,1H3/t10-/m1/s1. The number of thioether (sulfide) groups is 1. The summed E-state index contributed by atoms with van der Waals surface area (Å²) in [5.41, 5.74) is 0.779. The van der Waals surface area contributed by atoms with E-state index in [9.17, 15) is 4.79 Å². The Hall–Kier alpha value is -2.13. The molecule has 9 heteroatoms. The average molecular weight is 334 g/mol. The Morgan fingerprint density at radius 3 is 2.87 bits per heavy atom. The predicted octanol–water partition coefficient (Wildman–Crippen LogP) is 0.393. The van der Waals surface area contributed by atoms with Crippen molar-refractivity contribution in [2.24, 2.45) is 0 Å². The molecule has 1 amide bonds. The van der Waals surface area contributed by atoms with E-state index in [2.05, 4.69) is 15.2 Å². The average Bonchev–Trinajstić information content (AvgIpc) is 2.96. The summed E-state index contributed by atoms with van der Waals surface area (Å²) in [6.07, 6.45) is 3.35. The molecule has 1 saturated heterocycles. The molecule has 0 spiro atoms. The number of nitrogens with two attached hydrogens (primary N) is 1. The molecule has 0 bridgehead atoms. The molecule has 3 rings (SSSR count). The molecular weight excluding hydrogens is 316 g/mol. The van der Waals surface area contributed by atoms with Crippen molar-refractivity contribution in [1.82, 2.24) is 24.8 Å². The molecule has 2 N–H and O–H groups in total. The molecule has 1 fully saturated rings. The van der Waals surface area contributed by atoms with Gasteiger partial charge in [0.05, 0.1) is 18.5 Å². The van der Waals surface area contributed by atoms with E-state index in [1.807, 2.05) is 13.0 Å². The Labute approximate surface area is 138 Å². The Kier molecular flexibility index (Phi) is 4.77. The van der Waals surface area contributed by atoms with Crippen LogP contribution < -0.4 is 5.84 Å². The predicted molar refractivity (Wildman–Crippen MR) is 86.1 cm³/mol. The van der Waals surface area contributed by atoms with E-state index >= 15 is 0 Å². The minimum atomic E-state index is -0.290. The number of aromatic nitrogens is 4. The van der Waals surface area contributed by atoms with Gasteiger partial charge in [-0.1, -0.05) is 11.8 Å². The van der Waals surface area contributed by atoms with Crippen LogP contribution in [0.3, 0.4) is 0 Å². The molecule has 3 heterocycles. The molecule has 1 aliphatic rings. The third-order valence-electron chi connectivity index (χ3n) is 3.54. The lowest BCUT2D eigenvalue weighted by molar-refractivity contribution is -0.134. The quantitative estimate of drug-likeness (QED) is 0.638. The van der Waals surface area contributed by atoms with E-state index in [0.717, 1.165) is 5.56 Å². The molecule has 0 unspecified atom stereocenters. The van der Waals surface area contributed by atoms with Crippen LogP contribution in [0.1, 0.15) is 6.92 Å². The van der Waals surface area contributed by atoms with Gasteiger partial charge >= 0.3 is 0 Å². The highest BCUT2D eigenvalue weighted by Crippen LogP contribution is 2.25. The van der Waals surface area contributed by atoms with Crippen LogP contribution in [-0.4, -0.2) is 62.2 Å². The zero-order chi connectivity index (χ0) is 16.2. The molecule has 1 atom stereocenters. The van der Waals surface area contributed by atoms with Crippen molar-refractivity contribution in [2.45, 2.75) is 17.3 Å². The van der Waals surface area contributed by atoms with Gasteiger partial charge < -0.3 is 15.5 Å². The first-order valence-corrected chi connectivity index (χ1v) is 8.19. The van der Waals surface area contributed by atoms with Crippen LogP contribution in [0, 0.1) is 0 Å². The summed E-state index contributed by atoms with van der Waals surface area (Å²) in [4.78, 5) is 18.3. The first-order valence-electron chi connectivity index (χ1n) is 7.31. The molecule has 122 valence electrons. The second kappa shape index (κ2) is 6.97. The van der Waals surface area contributed by atoms with Gasteiger partial charge in [0.2, 0.25) is 11.1 Å². The van der Waals surface area contributed by atoms with Crippen molar-refractivity contribution in [1.29, 1.82) is 0 Å². The Morgan fingerprint density at radius 1 is 1.39 bits per heavy atom. The fourth-order valence-corrected chi connectivity index (χ4v) is 3.15. The monoisotopic (exact) mass is 334 g/mol. The maximum absolute atomic E-state index is 12.4. The second-order valence-corrected chi connectivity index (χ2v) is 6.42. The maximum Gasteiger partial charge on any atom is 0.236 e. The highest BCUT2D eigenvalue weighted by Gasteiger charge is 2.25. The molecule has 0 saturated carbocycles. The number of pyridine rings is 1. The first kappa shape index (κ1) is 15.8. The van der Waals surface area contributed by atoms with Gasteiger partial charge in [-0.15, -0.1) is 10.2 Å². The summed E-state index contributed by atoms with van der Waals surface area (Å²) in [5.74, 6) is 6.64. The maximum atomic E-state index is 12.4. The number of nitrogen functional groups attached to an aromatic ring is 1. The number of ether oxygens (including phenoxy) is 1. The SMILES string of the molecule is C[C@@H](Sc1nnc(-c2cccnc2)n1N)C(=O)N1CCOCC1. The van der Waals surface area contributed by atoms with Crippen LogP contribution in [-0.2, 0) is 9.53 Å². The summed E-state index contributed by atoms with van der Waals surface area (Å²) < 4.78 is 6.66. The van der Waals surface area contributed by atoms with E-state index in [1.165, 1.54) is 16.4 Å². The van der Waals surface area contributed by atoms with Crippen molar-refractivity contribution in [2.75, 3.05) is 32.1 Å². The molecule has 2 aromatic heterocycles. The summed E-state index contributed by atoms with van der Waals surface area (Å²) in [7, 11) is 0. The van der Waals surface area contributed by atoms with E-state index < -0.39 is 0 Å². The van der Waals surface area contributed by atoms with Crippen molar-refractivity contribution in [3.8, 4) is 11.4 Å². The molecule has 8 nitrogen and oxygen atoms in total. The highest BCUT2D eigenvalue weighted by molar-refractivity contribution is 8.00. The van der Waals surface area contributed by atoms with Crippen LogP contribution in [0.4, 0.5) is 0 Å². The number of carbonyl (C=O) groups is 1. The van der Waals surface area contributed by atoms with Crippen LogP contribution in [0.25, 0.3) is 11.4 Å². The molecule has 0 aromatic carbocycles. The molecule has 0 aliphatic carbocycles. The van der Waals surface area contributed by atoms with Gasteiger partial charge in [0, 0.05) is 31.0 Å². The van der Waals surface area contributed by atoms with E-state index in [-0.39, 0.29) is 11.2 Å². The van der Waals surface area contributed by atoms with E-state index in [0.29, 0.717) is 37.3 Å². The highest BCUT2D eigenvalue weighted by atomic mass is 32.2. The number of hydrogen-bond donors (Lipinski definition) is 1. The van der Waals surface area contributed by atoms with Crippen LogP contribution in [0.2, 0.25) is 0 Å². The second-order valence-electron chi connectivity index (χ2n) is 5.12. The lowest BCUT2D eigenvalue weighted by Crippen LogP contribution is -2.44. The molecule has 2 aromatic rings. The van der Waals surface area contributed by atoms with Gasteiger partial charge in [0.1, 0.15) is 0 Å². The summed E-state index contributed by atoms with van der Waals surface area (Å²) in [5, 5.41) is 8.39. The smallest absolute Gasteiger partial charge is 0.236 e. The number of hydrogen-bond acceptors (Lipinski definition) is 7. The molecular formula is C14H18N6O2S. The van der Waals surface area contributed by atoms with Gasteiger partial charge in [0.15, 0.2) is 5.82 Å². The van der Waals surface area contributed by atoms with Gasteiger partial charge in [-0.2, -0.15) is 0 Å². The summed E-state index contributed by atoms with van der Waals surface area (Å²) in [6.45, 7) is 4.27. The van der Waals surface area contributed by atoms with Crippen LogP contribution in [0.5, 0.6) is 0 Å². The van der Waals surface area contributed by atoms with E-state index in [1.54, 1.807) is 23.4 Å². The van der Waals surface area contributed by atoms with Crippen molar-refractivity contribution in [3.05, 3.63) is 24.5 Å². The fraction of sp³-hybridized carbons (Fsp3) is 0.429. The number of carbonyl (C=O) groups excluding carboxylic acids is 1. The fourth-order valence-electron chi connectivity index (χ4n) is 2.30. The van der Waals surface area contributed by atoms with Crippen LogP contribution in [0.15, 0.2) is 29.7 Å². The molecule has 1 aliphatic heterocycles. The minimum Gasteiger partial charge on any atom is -0.378 e. The number of rotatable bonds is 4.